The highest BCUT2D eigenvalue weighted by Crippen LogP contribution is 2.39. The third-order valence-corrected chi connectivity index (χ3v) is 7.07. The van der Waals surface area contributed by atoms with Crippen LogP contribution in [0.2, 0.25) is 0 Å². The van der Waals surface area contributed by atoms with E-state index in [2.05, 4.69) is 20.4 Å². The summed E-state index contributed by atoms with van der Waals surface area (Å²) in [6.45, 7) is 0.354. The van der Waals surface area contributed by atoms with Crippen molar-refractivity contribution in [3.8, 4) is 16.9 Å². The molecule has 0 spiro atoms. The van der Waals surface area contributed by atoms with Crippen LogP contribution in [0.15, 0.2) is 60.9 Å². The van der Waals surface area contributed by atoms with Crippen molar-refractivity contribution in [2.24, 2.45) is 7.05 Å². The fraction of sp³-hybridized carbons (Fsp3) is 0.179. The Labute approximate surface area is 218 Å². The molecule has 4 heterocycles. The summed E-state index contributed by atoms with van der Waals surface area (Å²) in [5.74, 6) is 0.769. The second-order valence-electron chi connectivity index (χ2n) is 9.27. The average molecular weight is 508 g/mol. The largest absolute Gasteiger partial charge is 0.491 e. The van der Waals surface area contributed by atoms with Gasteiger partial charge in [0.1, 0.15) is 23.9 Å². The fourth-order valence-corrected chi connectivity index (χ4v) is 4.96. The van der Waals surface area contributed by atoms with E-state index in [1.54, 1.807) is 48.2 Å². The molecule has 1 atom stereocenters. The first kappa shape index (κ1) is 23.4. The second kappa shape index (κ2) is 8.84. The Bertz CT molecular complexity index is 1740. The van der Waals surface area contributed by atoms with Crippen LogP contribution in [-0.4, -0.2) is 57.2 Å². The van der Waals surface area contributed by atoms with Gasteiger partial charge >= 0.3 is 0 Å². The van der Waals surface area contributed by atoms with Gasteiger partial charge in [-0.2, -0.15) is 5.10 Å². The van der Waals surface area contributed by atoms with Gasteiger partial charge in [-0.3, -0.25) is 19.3 Å². The smallest absolute Gasteiger partial charge is 0.269 e. The van der Waals surface area contributed by atoms with Gasteiger partial charge in [0.05, 0.1) is 28.7 Å². The molecule has 38 heavy (non-hydrogen) atoms. The number of amides is 2. The molecule has 0 radical (unpaired) electrons. The molecule has 1 aliphatic rings. The van der Waals surface area contributed by atoms with Crippen LogP contribution in [-0.2, 0) is 7.05 Å². The van der Waals surface area contributed by atoms with E-state index in [0.717, 1.165) is 38.7 Å². The summed E-state index contributed by atoms with van der Waals surface area (Å²) >= 11 is 0. The molecular weight excluding hydrogens is 482 g/mol. The SMILES string of the molecule is CNC(=O)c1ccc(-c2ccc3c(c2)OC[C@H]3N(C)C(=O)c2ccc3nc(N)c4cnn(C)c4c3c2)cn1. The van der Waals surface area contributed by atoms with Gasteiger partial charge < -0.3 is 20.7 Å². The molecule has 0 bridgehead atoms. The number of aryl methyl sites for hydroxylation is 1. The first-order valence-corrected chi connectivity index (χ1v) is 12.1. The van der Waals surface area contributed by atoms with Gasteiger partial charge in [0.15, 0.2) is 0 Å². The predicted molar refractivity (Wildman–Crippen MR) is 144 cm³/mol. The third-order valence-electron chi connectivity index (χ3n) is 7.07. The third kappa shape index (κ3) is 3.69. The number of ether oxygens (including phenoxy) is 1. The summed E-state index contributed by atoms with van der Waals surface area (Å²) in [4.78, 5) is 35.8. The molecule has 10 heteroatoms. The highest BCUT2D eigenvalue weighted by Gasteiger charge is 2.31. The van der Waals surface area contributed by atoms with Crippen molar-refractivity contribution in [3.05, 3.63) is 77.7 Å². The van der Waals surface area contributed by atoms with Crippen molar-refractivity contribution < 1.29 is 14.3 Å². The summed E-state index contributed by atoms with van der Waals surface area (Å²) in [5.41, 5.74) is 11.3. The second-order valence-corrected chi connectivity index (χ2v) is 9.27. The van der Waals surface area contributed by atoms with Crippen LogP contribution in [0.25, 0.3) is 32.9 Å². The lowest BCUT2D eigenvalue weighted by atomic mass is 10.0. The number of anilines is 1. The van der Waals surface area contributed by atoms with Gasteiger partial charge in [0.25, 0.3) is 11.8 Å². The number of hydrogen-bond donors (Lipinski definition) is 2. The van der Waals surface area contributed by atoms with E-state index in [0.29, 0.717) is 29.2 Å². The summed E-state index contributed by atoms with van der Waals surface area (Å²) in [6, 6.07) is 14.6. The van der Waals surface area contributed by atoms with E-state index in [1.807, 2.05) is 43.4 Å². The van der Waals surface area contributed by atoms with E-state index in [1.165, 1.54) is 0 Å². The number of carbonyl (C=O) groups is 2. The highest BCUT2D eigenvalue weighted by molar-refractivity contribution is 6.10. The van der Waals surface area contributed by atoms with E-state index >= 15 is 0 Å². The van der Waals surface area contributed by atoms with Gasteiger partial charge in [-0.05, 0) is 35.9 Å². The molecule has 0 unspecified atom stereocenters. The molecule has 10 nitrogen and oxygen atoms in total. The molecule has 0 fully saturated rings. The quantitative estimate of drug-likeness (QED) is 0.382. The Morgan fingerprint density at radius 2 is 1.89 bits per heavy atom. The first-order chi connectivity index (χ1) is 18.4. The van der Waals surface area contributed by atoms with Gasteiger partial charge in [0.2, 0.25) is 0 Å². The fourth-order valence-electron chi connectivity index (χ4n) is 4.96. The number of fused-ring (bicyclic) bond motifs is 4. The normalized spacial score (nSPS) is 14.3. The molecule has 2 aromatic carbocycles. The van der Waals surface area contributed by atoms with Crippen molar-refractivity contribution >= 4 is 39.4 Å². The minimum Gasteiger partial charge on any atom is -0.491 e. The number of pyridine rings is 2. The molecule has 3 N–H and O–H groups in total. The number of nitrogens with two attached hydrogens (primary N) is 1. The first-order valence-electron chi connectivity index (χ1n) is 12.1. The number of nitrogen functional groups attached to an aromatic ring is 1. The summed E-state index contributed by atoms with van der Waals surface area (Å²) in [6.07, 6.45) is 3.35. The van der Waals surface area contributed by atoms with Gasteiger partial charge in [-0.25, -0.2) is 4.98 Å². The summed E-state index contributed by atoms with van der Waals surface area (Å²) < 4.78 is 7.74. The highest BCUT2D eigenvalue weighted by atomic mass is 16.5. The number of nitrogens with one attached hydrogen (secondary N) is 1. The standard InChI is InChI=1S/C28H25N7O3/c1-30-27(36)22-9-6-17(12-31-22)15-4-7-18-23(14-38-24(18)11-15)34(2)28(37)16-5-8-21-19(10-16)25-20(26(29)33-21)13-32-35(25)3/h4-13,23H,14H2,1-3H3,(H2,29,33)(H,30,36)/t23-/m1/s1. The van der Waals surface area contributed by atoms with Crippen molar-refractivity contribution in [1.82, 2.24) is 30.0 Å². The molecule has 2 amide bonds. The topological polar surface area (TPSA) is 128 Å². The zero-order valence-corrected chi connectivity index (χ0v) is 21.1. The van der Waals surface area contributed by atoms with E-state index in [9.17, 15) is 9.59 Å². The Morgan fingerprint density at radius 3 is 2.66 bits per heavy atom. The lowest BCUT2D eigenvalue weighted by molar-refractivity contribution is 0.0708. The van der Waals surface area contributed by atoms with Crippen LogP contribution in [0.1, 0.15) is 32.5 Å². The molecular formula is C28H25N7O3. The van der Waals surface area contributed by atoms with Crippen LogP contribution in [0, 0.1) is 0 Å². The van der Waals surface area contributed by atoms with Crippen LogP contribution in [0.3, 0.4) is 0 Å². The molecule has 6 rings (SSSR count). The zero-order chi connectivity index (χ0) is 26.6. The van der Waals surface area contributed by atoms with Crippen LogP contribution in [0.4, 0.5) is 5.82 Å². The Balaban J connectivity index is 1.28. The molecule has 1 aliphatic heterocycles. The molecule has 5 aromatic rings. The van der Waals surface area contributed by atoms with E-state index < -0.39 is 0 Å². The molecule has 0 aliphatic carbocycles. The number of benzene rings is 2. The average Bonchev–Trinajstić information content (AvgIpc) is 3.55. The molecule has 0 saturated carbocycles. The number of carbonyl (C=O) groups excluding carboxylic acids is 2. The summed E-state index contributed by atoms with van der Waals surface area (Å²) in [7, 11) is 5.20. The Kier molecular flexibility index (Phi) is 5.45. The number of rotatable bonds is 4. The van der Waals surface area contributed by atoms with Crippen molar-refractivity contribution in [1.29, 1.82) is 0 Å². The molecule has 3 aromatic heterocycles. The minimum absolute atomic E-state index is 0.126. The number of aromatic nitrogens is 4. The minimum atomic E-state index is -0.239. The zero-order valence-electron chi connectivity index (χ0n) is 21.1. The molecule has 190 valence electrons. The monoisotopic (exact) mass is 507 g/mol. The summed E-state index contributed by atoms with van der Waals surface area (Å²) in [5, 5.41) is 8.45. The lowest BCUT2D eigenvalue weighted by Crippen LogP contribution is -2.32. The van der Waals surface area contributed by atoms with Crippen molar-refractivity contribution in [2.45, 2.75) is 6.04 Å². The van der Waals surface area contributed by atoms with Crippen LogP contribution < -0.4 is 15.8 Å². The number of hydrogen-bond acceptors (Lipinski definition) is 7. The predicted octanol–water partition coefficient (Wildman–Crippen LogP) is 3.33. The van der Waals surface area contributed by atoms with Gasteiger partial charge in [-0.15, -0.1) is 0 Å². The van der Waals surface area contributed by atoms with Gasteiger partial charge in [-0.1, -0.05) is 18.2 Å². The Morgan fingerprint density at radius 1 is 1.08 bits per heavy atom. The lowest BCUT2D eigenvalue weighted by Gasteiger charge is -2.24. The van der Waals surface area contributed by atoms with E-state index in [4.69, 9.17) is 10.5 Å². The van der Waals surface area contributed by atoms with Crippen molar-refractivity contribution in [2.75, 3.05) is 26.4 Å². The maximum Gasteiger partial charge on any atom is 0.269 e. The Hall–Kier alpha value is -4.99. The number of likely N-dealkylation sites (N-methyl/N-ethyl adjacent to an activating group) is 1. The van der Waals surface area contributed by atoms with E-state index in [-0.39, 0.29) is 17.9 Å². The van der Waals surface area contributed by atoms with Crippen LogP contribution >= 0.6 is 0 Å². The molecule has 0 saturated heterocycles. The van der Waals surface area contributed by atoms with Crippen molar-refractivity contribution in [3.63, 3.8) is 0 Å². The van der Waals surface area contributed by atoms with Gasteiger partial charge in [0, 0.05) is 49.4 Å². The number of nitrogens with zero attached hydrogens (tertiary/aromatic N) is 5. The maximum absolute atomic E-state index is 13.6. The maximum atomic E-state index is 13.6. The van der Waals surface area contributed by atoms with Crippen LogP contribution in [0.5, 0.6) is 5.75 Å².